The van der Waals surface area contributed by atoms with Crippen LogP contribution in [0.25, 0.3) is 11.1 Å². The molecule has 0 unspecified atom stereocenters. The van der Waals surface area contributed by atoms with Gasteiger partial charge in [0.15, 0.2) is 6.61 Å². The highest BCUT2D eigenvalue weighted by Crippen LogP contribution is 2.37. The summed E-state index contributed by atoms with van der Waals surface area (Å²) >= 11 is 0. The number of hydrogen-bond acceptors (Lipinski definition) is 4. The molecule has 0 atom stereocenters. The first-order chi connectivity index (χ1) is 16.5. The number of carbonyl (C=O) groups is 1. The average molecular weight is 459 g/mol. The number of nitrogens with zero attached hydrogens (tertiary/aromatic N) is 2. The van der Waals surface area contributed by atoms with Crippen LogP contribution in [0.2, 0.25) is 0 Å². The van der Waals surface area contributed by atoms with E-state index in [0.717, 1.165) is 31.7 Å². The van der Waals surface area contributed by atoms with Crippen molar-refractivity contribution in [3.05, 3.63) is 83.7 Å². The SMILES string of the molecule is N#Cc1ccc(OCC(=O)N2CCC(CCc3ccccc3)CC2)c(-c2ccc(F)cc2O)c1. The summed E-state index contributed by atoms with van der Waals surface area (Å²) in [7, 11) is 0. The maximum absolute atomic E-state index is 13.4. The molecule has 1 fully saturated rings. The second-order valence-corrected chi connectivity index (χ2v) is 8.62. The van der Waals surface area contributed by atoms with E-state index < -0.39 is 5.82 Å². The van der Waals surface area contributed by atoms with Crippen LogP contribution in [0.3, 0.4) is 0 Å². The van der Waals surface area contributed by atoms with Crippen LogP contribution in [0, 0.1) is 23.1 Å². The first-order valence-corrected chi connectivity index (χ1v) is 11.5. The summed E-state index contributed by atoms with van der Waals surface area (Å²) in [5.41, 5.74) is 2.49. The fourth-order valence-corrected chi connectivity index (χ4v) is 4.39. The van der Waals surface area contributed by atoms with Gasteiger partial charge in [-0.05, 0) is 67.5 Å². The Labute approximate surface area is 199 Å². The van der Waals surface area contributed by atoms with Crippen molar-refractivity contribution in [3.63, 3.8) is 0 Å². The monoisotopic (exact) mass is 458 g/mol. The zero-order chi connectivity index (χ0) is 23.9. The van der Waals surface area contributed by atoms with Gasteiger partial charge in [-0.3, -0.25) is 4.79 Å². The van der Waals surface area contributed by atoms with Crippen LogP contribution in [0.1, 0.15) is 30.4 Å². The number of phenols is 1. The Morgan fingerprint density at radius 3 is 2.53 bits per heavy atom. The minimum absolute atomic E-state index is 0.0971. The standard InChI is InChI=1S/C28H27FN2O3/c29-23-9-10-24(26(32)17-23)25-16-22(18-30)8-11-27(25)34-19-28(33)31-14-12-21(13-15-31)7-6-20-4-2-1-3-5-20/h1-5,8-11,16-17,21,32H,6-7,12-15,19H2. The van der Waals surface area contributed by atoms with Crippen molar-refractivity contribution in [1.82, 2.24) is 4.90 Å². The van der Waals surface area contributed by atoms with E-state index in [1.54, 1.807) is 18.2 Å². The van der Waals surface area contributed by atoms with E-state index >= 15 is 0 Å². The number of aromatic hydroxyl groups is 1. The smallest absolute Gasteiger partial charge is 0.260 e. The number of rotatable bonds is 7. The molecular formula is C28H27FN2O3. The zero-order valence-electron chi connectivity index (χ0n) is 18.9. The third-order valence-electron chi connectivity index (χ3n) is 6.36. The molecule has 1 aliphatic heterocycles. The van der Waals surface area contributed by atoms with Crippen LogP contribution >= 0.6 is 0 Å². The molecule has 1 saturated heterocycles. The van der Waals surface area contributed by atoms with Crippen molar-refractivity contribution in [3.8, 4) is 28.7 Å². The number of hydrogen-bond donors (Lipinski definition) is 1. The van der Waals surface area contributed by atoms with E-state index in [0.29, 0.717) is 41.4 Å². The van der Waals surface area contributed by atoms with Crippen LogP contribution in [0.4, 0.5) is 4.39 Å². The van der Waals surface area contributed by atoms with E-state index in [9.17, 15) is 19.6 Å². The Hall–Kier alpha value is -3.85. The number of aryl methyl sites for hydroxylation is 1. The molecule has 0 bridgehead atoms. The van der Waals surface area contributed by atoms with Crippen molar-refractivity contribution in [2.45, 2.75) is 25.7 Å². The summed E-state index contributed by atoms with van der Waals surface area (Å²) in [6.07, 6.45) is 4.13. The lowest BCUT2D eigenvalue weighted by Gasteiger charge is -2.32. The molecule has 34 heavy (non-hydrogen) atoms. The second-order valence-electron chi connectivity index (χ2n) is 8.62. The Kier molecular flexibility index (Phi) is 7.44. The fourth-order valence-electron chi connectivity index (χ4n) is 4.39. The lowest BCUT2D eigenvalue weighted by atomic mass is 9.90. The van der Waals surface area contributed by atoms with Crippen molar-refractivity contribution in [2.24, 2.45) is 5.92 Å². The van der Waals surface area contributed by atoms with E-state index in [2.05, 4.69) is 30.3 Å². The third kappa shape index (κ3) is 5.74. The van der Waals surface area contributed by atoms with Gasteiger partial charge in [0.1, 0.15) is 17.3 Å². The summed E-state index contributed by atoms with van der Waals surface area (Å²) in [5, 5.41) is 19.5. The number of carbonyl (C=O) groups excluding carboxylic acids is 1. The number of piperidine rings is 1. The molecule has 1 aliphatic rings. The average Bonchev–Trinajstić information content (AvgIpc) is 2.87. The summed E-state index contributed by atoms with van der Waals surface area (Å²) in [5.74, 6) is 0.0373. The van der Waals surface area contributed by atoms with Gasteiger partial charge in [-0.25, -0.2) is 4.39 Å². The van der Waals surface area contributed by atoms with Gasteiger partial charge >= 0.3 is 0 Å². The number of nitriles is 1. The van der Waals surface area contributed by atoms with Crippen molar-refractivity contribution in [2.75, 3.05) is 19.7 Å². The van der Waals surface area contributed by atoms with Gasteiger partial charge in [0.2, 0.25) is 0 Å². The van der Waals surface area contributed by atoms with Crippen LogP contribution in [-0.4, -0.2) is 35.6 Å². The molecule has 3 aromatic carbocycles. The maximum Gasteiger partial charge on any atom is 0.260 e. The summed E-state index contributed by atoms with van der Waals surface area (Å²) in [4.78, 5) is 14.6. The van der Waals surface area contributed by atoms with E-state index in [-0.39, 0.29) is 18.3 Å². The van der Waals surface area contributed by atoms with Gasteiger partial charge in [-0.15, -0.1) is 0 Å². The molecule has 1 amide bonds. The van der Waals surface area contributed by atoms with Crippen LogP contribution < -0.4 is 4.74 Å². The second kappa shape index (κ2) is 10.8. The number of benzene rings is 3. The number of likely N-dealkylation sites (tertiary alicyclic amines) is 1. The van der Waals surface area contributed by atoms with Crippen LogP contribution in [0.5, 0.6) is 11.5 Å². The molecule has 0 saturated carbocycles. The highest BCUT2D eigenvalue weighted by atomic mass is 19.1. The van der Waals surface area contributed by atoms with Crippen LogP contribution in [0.15, 0.2) is 66.7 Å². The number of phenolic OH excluding ortho intramolecular Hbond substituents is 1. The van der Waals surface area contributed by atoms with Crippen molar-refractivity contribution in [1.29, 1.82) is 5.26 Å². The van der Waals surface area contributed by atoms with Crippen LogP contribution in [-0.2, 0) is 11.2 Å². The van der Waals surface area contributed by atoms with E-state index in [1.165, 1.54) is 17.7 Å². The first-order valence-electron chi connectivity index (χ1n) is 11.5. The molecule has 0 aromatic heterocycles. The maximum atomic E-state index is 13.4. The number of ether oxygens (including phenoxy) is 1. The predicted molar refractivity (Wildman–Crippen MR) is 128 cm³/mol. The van der Waals surface area contributed by atoms with E-state index in [4.69, 9.17) is 4.74 Å². The summed E-state index contributed by atoms with van der Waals surface area (Å²) in [6.45, 7) is 1.27. The normalized spacial score (nSPS) is 13.9. The quantitative estimate of drug-likeness (QED) is 0.520. The molecule has 0 aliphatic carbocycles. The van der Waals surface area contributed by atoms with Gasteiger partial charge < -0.3 is 14.7 Å². The van der Waals surface area contributed by atoms with Gasteiger partial charge in [0.25, 0.3) is 5.91 Å². The van der Waals surface area contributed by atoms with Gasteiger partial charge in [-0.2, -0.15) is 5.26 Å². The summed E-state index contributed by atoms with van der Waals surface area (Å²) < 4.78 is 19.3. The molecule has 0 spiro atoms. The lowest BCUT2D eigenvalue weighted by molar-refractivity contribution is -0.134. The third-order valence-corrected chi connectivity index (χ3v) is 6.36. The van der Waals surface area contributed by atoms with Gasteiger partial charge in [0.05, 0.1) is 11.6 Å². The molecule has 1 N–H and O–H groups in total. The Morgan fingerprint density at radius 1 is 1.06 bits per heavy atom. The molecule has 174 valence electrons. The van der Waals surface area contributed by atoms with Crippen molar-refractivity contribution < 1.29 is 19.0 Å². The minimum Gasteiger partial charge on any atom is -0.507 e. The molecule has 4 rings (SSSR count). The highest BCUT2D eigenvalue weighted by Gasteiger charge is 2.23. The lowest BCUT2D eigenvalue weighted by Crippen LogP contribution is -2.41. The topological polar surface area (TPSA) is 73.6 Å². The molecule has 6 heteroatoms. The largest absolute Gasteiger partial charge is 0.507 e. The molecule has 1 heterocycles. The molecule has 0 radical (unpaired) electrons. The Balaban J connectivity index is 1.35. The highest BCUT2D eigenvalue weighted by molar-refractivity contribution is 5.80. The van der Waals surface area contributed by atoms with Gasteiger partial charge in [-0.1, -0.05) is 30.3 Å². The zero-order valence-corrected chi connectivity index (χ0v) is 18.9. The minimum atomic E-state index is -0.567. The first kappa shape index (κ1) is 23.3. The fraction of sp³-hybridized carbons (Fsp3) is 0.286. The predicted octanol–water partition coefficient (Wildman–Crippen LogP) is 5.32. The molecule has 3 aromatic rings. The Morgan fingerprint density at radius 2 is 1.82 bits per heavy atom. The van der Waals surface area contributed by atoms with Gasteiger partial charge in [0, 0.05) is 30.3 Å². The number of halogens is 1. The molecule has 5 nitrogen and oxygen atoms in total. The molecular weight excluding hydrogens is 431 g/mol. The Bertz CT molecular complexity index is 1180. The number of amides is 1. The van der Waals surface area contributed by atoms with Crippen molar-refractivity contribution >= 4 is 5.91 Å². The van der Waals surface area contributed by atoms with E-state index in [1.807, 2.05) is 11.0 Å². The summed E-state index contributed by atoms with van der Waals surface area (Å²) in [6, 6.07) is 20.9.